The maximum absolute atomic E-state index is 14.2. The zero-order valence-corrected chi connectivity index (χ0v) is 13.6. The quantitative estimate of drug-likeness (QED) is 0.500. The van der Waals surface area contributed by atoms with Gasteiger partial charge in [0.25, 0.3) is 0 Å². The van der Waals surface area contributed by atoms with Gasteiger partial charge >= 0.3 is 23.9 Å². The van der Waals surface area contributed by atoms with Gasteiger partial charge in [0, 0.05) is 27.7 Å². The summed E-state index contributed by atoms with van der Waals surface area (Å²) in [7, 11) is 0. The minimum Gasteiger partial charge on any atom is -0.463 e. The molecule has 10 heteroatoms. The minimum atomic E-state index is -2.18. The maximum Gasteiger partial charge on any atom is 0.303 e. The van der Waals surface area contributed by atoms with Crippen LogP contribution in [0.15, 0.2) is 0 Å². The molecule has 0 aromatic carbocycles. The van der Waals surface area contributed by atoms with Crippen molar-refractivity contribution in [3.8, 4) is 0 Å². The number of esters is 4. The number of ether oxygens (including phenoxy) is 5. The summed E-state index contributed by atoms with van der Waals surface area (Å²) >= 11 is 0. The Morgan fingerprint density at radius 2 is 1.25 bits per heavy atom. The van der Waals surface area contributed by atoms with Crippen molar-refractivity contribution in [2.75, 3.05) is 6.61 Å². The van der Waals surface area contributed by atoms with Crippen LogP contribution in [0, 0.1) is 0 Å². The smallest absolute Gasteiger partial charge is 0.303 e. The third-order valence-corrected chi connectivity index (χ3v) is 2.93. The Morgan fingerprint density at radius 1 is 0.792 bits per heavy atom. The first-order chi connectivity index (χ1) is 11.1. The van der Waals surface area contributed by atoms with E-state index in [9.17, 15) is 23.6 Å². The molecule has 0 N–H and O–H groups in total. The predicted molar refractivity (Wildman–Crippen MR) is 73.1 cm³/mol. The fraction of sp³-hybridized carbons (Fsp3) is 0.714. The Balaban J connectivity index is 3.11. The molecule has 1 rings (SSSR count). The number of carbonyl (C=O) groups is 4. The maximum atomic E-state index is 14.2. The van der Waals surface area contributed by atoms with Crippen LogP contribution in [-0.4, -0.2) is 61.3 Å². The van der Waals surface area contributed by atoms with E-state index in [4.69, 9.17) is 23.7 Å². The molecular formula is C14H19FO9. The van der Waals surface area contributed by atoms with E-state index < -0.39 is 61.3 Å². The molecule has 0 aromatic rings. The third-order valence-electron chi connectivity index (χ3n) is 2.93. The molecule has 1 aliphatic heterocycles. The van der Waals surface area contributed by atoms with Gasteiger partial charge in [0.15, 0.2) is 18.3 Å². The highest BCUT2D eigenvalue weighted by atomic mass is 19.1. The van der Waals surface area contributed by atoms with E-state index in [-0.39, 0.29) is 0 Å². The summed E-state index contributed by atoms with van der Waals surface area (Å²) in [6.07, 6.45) is -7.85. The summed E-state index contributed by atoms with van der Waals surface area (Å²) < 4.78 is 38.7. The van der Waals surface area contributed by atoms with Crippen LogP contribution in [0.3, 0.4) is 0 Å². The molecule has 0 aliphatic carbocycles. The first-order valence-corrected chi connectivity index (χ1v) is 7.06. The largest absolute Gasteiger partial charge is 0.463 e. The van der Waals surface area contributed by atoms with Gasteiger partial charge in [-0.3, -0.25) is 19.2 Å². The van der Waals surface area contributed by atoms with Crippen LogP contribution in [0.2, 0.25) is 0 Å². The minimum absolute atomic E-state index is 0.446. The zero-order chi connectivity index (χ0) is 18.4. The molecule has 0 amide bonds. The highest BCUT2D eigenvalue weighted by Crippen LogP contribution is 2.29. The van der Waals surface area contributed by atoms with E-state index in [1.54, 1.807) is 0 Å². The molecular weight excluding hydrogens is 331 g/mol. The van der Waals surface area contributed by atoms with Gasteiger partial charge in [0.1, 0.15) is 12.7 Å². The average Bonchev–Trinajstić information content (AvgIpc) is 2.42. The molecule has 0 bridgehead atoms. The first-order valence-electron chi connectivity index (χ1n) is 7.06. The van der Waals surface area contributed by atoms with Gasteiger partial charge in [-0.05, 0) is 0 Å². The monoisotopic (exact) mass is 350 g/mol. The Kier molecular flexibility index (Phi) is 7.08. The van der Waals surface area contributed by atoms with E-state index in [1.807, 2.05) is 0 Å². The number of rotatable bonds is 5. The Morgan fingerprint density at radius 3 is 1.71 bits per heavy atom. The van der Waals surface area contributed by atoms with Crippen molar-refractivity contribution in [3.05, 3.63) is 0 Å². The van der Waals surface area contributed by atoms with Gasteiger partial charge in [-0.1, -0.05) is 0 Å². The van der Waals surface area contributed by atoms with E-state index in [2.05, 4.69) is 0 Å². The average molecular weight is 350 g/mol. The molecule has 0 saturated carbocycles. The van der Waals surface area contributed by atoms with Crippen LogP contribution in [0.25, 0.3) is 0 Å². The summed E-state index contributed by atoms with van der Waals surface area (Å²) in [5.41, 5.74) is 0. The van der Waals surface area contributed by atoms with Crippen LogP contribution in [0.5, 0.6) is 0 Å². The summed E-state index contributed by atoms with van der Waals surface area (Å²) in [5.74, 6) is -3.09. The molecule has 1 heterocycles. The molecule has 136 valence electrons. The summed E-state index contributed by atoms with van der Waals surface area (Å²) in [4.78, 5) is 44.7. The molecule has 1 fully saturated rings. The van der Waals surface area contributed by atoms with E-state index in [0.717, 1.165) is 27.7 Å². The van der Waals surface area contributed by atoms with Gasteiger partial charge in [0.2, 0.25) is 6.36 Å². The lowest BCUT2D eigenvalue weighted by Gasteiger charge is -2.41. The summed E-state index contributed by atoms with van der Waals surface area (Å²) in [6.45, 7) is 3.85. The van der Waals surface area contributed by atoms with Gasteiger partial charge < -0.3 is 23.7 Å². The van der Waals surface area contributed by atoms with Crippen LogP contribution >= 0.6 is 0 Å². The number of carbonyl (C=O) groups excluding carboxylic acids is 4. The second kappa shape index (κ2) is 8.57. The van der Waals surface area contributed by atoms with E-state index in [0.29, 0.717) is 0 Å². The fourth-order valence-electron chi connectivity index (χ4n) is 2.18. The zero-order valence-electron chi connectivity index (χ0n) is 13.6. The van der Waals surface area contributed by atoms with Gasteiger partial charge in [-0.2, -0.15) is 0 Å². The van der Waals surface area contributed by atoms with Crippen molar-refractivity contribution in [2.24, 2.45) is 0 Å². The molecule has 0 spiro atoms. The lowest BCUT2D eigenvalue weighted by atomic mass is 9.98. The van der Waals surface area contributed by atoms with Crippen LogP contribution in [-0.2, 0) is 42.9 Å². The van der Waals surface area contributed by atoms with Crippen LogP contribution in [0.1, 0.15) is 27.7 Å². The lowest BCUT2D eigenvalue weighted by molar-refractivity contribution is -0.277. The Bertz CT molecular complexity index is 506. The summed E-state index contributed by atoms with van der Waals surface area (Å²) in [5, 5.41) is 0. The second-order valence-corrected chi connectivity index (χ2v) is 5.05. The van der Waals surface area contributed by atoms with Crippen LogP contribution < -0.4 is 0 Å². The van der Waals surface area contributed by atoms with Gasteiger partial charge in [-0.25, -0.2) is 4.39 Å². The second-order valence-electron chi connectivity index (χ2n) is 5.05. The van der Waals surface area contributed by atoms with E-state index >= 15 is 0 Å². The van der Waals surface area contributed by atoms with Crippen molar-refractivity contribution in [1.82, 2.24) is 0 Å². The van der Waals surface area contributed by atoms with Crippen molar-refractivity contribution in [1.29, 1.82) is 0 Å². The Hall–Kier alpha value is -2.23. The van der Waals surface area contributed by atoms with Crippen molar-refractivity contribution < 1.29 is 47.3 Å². The number of alkyl halides is 1. The molecule has 24 heavy (non-hydrogen) atoms. The SMILES string of the molecule is CC(=O)OC[C@H]1O[C@@H](F)[C@@H](OC(C)=O)[C@@H](OC(C)=O)[C@H]1OC(C)=O. The molecule has 0 unspecified atom stereocenters. The van der Waals surface area contributed by atoms with Gasteiger partial charge in [0.05, 0.1) is 0 Å². The Labute approximate surface area is 137 Å². The number of halogens is 1. The molecule has 0 aromatic heterocycles. The highest BCUT2D eigenvalue weighted by Gasteiger charge is 2.52. The first kappa shape index (κ1) is 19.8. The van der Waals surface area contributed by atoms with Gasteiger partial charge in [-0.15, -0.1) is 0 Å². The number of hydrogen-bond acceptors (Lipinski definition) is 9. The molecule has 5 atom stereocenters. The fourth-order valence-corrected chi connectivity index (χ4v) is 2.18. The predicted octanol–water partition coefficient (Wildman–Crippen LogP) is 0.0390. The molecule has 1 saturated heterocycles. The van der Waals surface area contributed by atoms with Crippen LogP contribution in [0.4, 0.5) is 4.39 Å². The molecule has 1 aliphatic rings. The van der Waals surface area contributed by atoms with Crippen molar-refractivity contribution in [3.63, 3.8) is 0 Å². The van der Waals surface area contributed by atoms with E-state index in [1.165, 1.54) is 0 Å². The summed E-state index contributed by atoms with van der Waals surface area (Å²) in [6, 6.07) is 0. The lowest BCUT2D eigenvalue weighted by Crippen LogP contribution is -2.61. The highest BCUT2D eigenvalue weighted by molar-refractivity contribution is 5.68. The topological polar surface area (TPSA) is 114 Å². The van der Waals surface area contributed by atoms with Crippen molar-refractivity contribution in [2.45, 2.75) is 58.5 Å². The normalized spacial score (nSPS) is 29.3. The van der Waals surface area contributed by atoms with Crippen molar-refractivity contribution >= 4 is 23.9 Å². The molecule has 0 radical (unpaired) electrons. The standard InChI is InChI=1S/C14H19FO9/c1-6(16)20-5-10-11(21-7(2)17)12(22-8(3)18)13(14(15)24-10)23-9(4)19/h10-14H,5H2,1-4H3/t10-,11+,12+,13+,14-/m1/s1. The third kappa shape index (κ3) is 5.76. The number of hydrogen-bond donors (Lipinski definition) is 0. The molecule has 9 nitrogen and oxygen atoms in total.